The molecule has 1 fully saturated rings. The van der Waals surface area contributed by atoms with Gasteiger partial charge >= 0.3 is 0 Å². The van der Waals surface area contributed by atoms with Crippen molar-refractivity contribution in [2.75, 3.05) is 25.9 Å². The average Bonchev–Trinajstić information content (AvgIpc) is 2.66. The lowest BCUT2D eigenvalue weighted by Crippen LogP contribution is -2.36. The maximum Gasteiger partial charge on any atom is 0.261 e. The van der Waals surface area contributed by atoms with Gasteiger partial charge in [-0.3, -0.25) is 9.36 Å². The number of aromatic nitrogens is 2. The zero-order valence-corrected chi connectivity index (χ0v) is 15.5. The number of ether oxygens (including phenoxy) is 1. The van der Waals surface area contributed by atoms with Crippen LogP contribution in [0.2, 0.25) is 0 Å². The van der Waals surface area contributed by atoms with Crippen molar-refractivity contribution in [3.05, 3.63) is 59.1 Å². The first-order valence-corrected chi connectivity index (χ1v) is 9.29. The molecule has 2 N–H and O–H groups in total. The normalized spacial score (nSPS) is 17.9. The maximum atomic E-state index is 13.0. The fourth-order valence-electron chi connectivity index (χ4n) is 3.70. The van der Waals surface area contributed by atoms with Crippen molar-refractivity contribution in [3.63, 3.8) is 0 Å². The van der Waals surface area contributed by atoms with Gasteiger partial charge in [0.05, 0.1) is 17.2 Å². The number of likely N-dealkylation sites (tertiary alicyclic amines) is 1. The van der Waals surface area contributed by atoms with Crippen molar-refractivity contribution < 1.29 is 4.74 Å². The minimum absolute atomic E-state index is 0.0176. The molecular weight excluding hydrogens is 340 g/mol. The van der Waals surface area contributed by atoms with E-state index in [2.05, 4.69) is 16.9 Å². The Labute approximate surface area is 158 Å². The van der Waals surface area contributed by atoms with Crippen LogP contribution in [-0.2, 0) is 6.54 Å². The van der Waals surface area contributed by atoms with Crippen LogP contribution in [0.25, 0.3) is 10.9 Å². The van der Waals surface area contributed by atoms with Gasteiger partial charge in [0.15, 0.2) is 0 Å². The zero-order valence-electron chi connectivity index (χ0n) is 15.5. The molecule has 0 spiro atoms. The van der Waals surface area contributed by atoms with Crippen molar-refractivity contribution in [2.45, 2.75) is 19.4 Å². The third-order valence-corrected chi connectivity index (χ3v) is 5.09. The SMILES string of the molecule is CN1CCC[C@@H](Cn2cnc3ccc(Oc4ccc(N)cc4)cc3c2=O)C1. The Morgan fingerprint density at radius 1 is 1.19 bits per heavy atom. The first-order chi connectivity index (χ1) is 13.1. The highest BCUT2D eigenvalue weighted by Crippen LogP contribution is 2.24. The third-order valence-electron chi connectivity index (χ3n) is 5.09. The second-order valence-electron chi connectivity index (χ2n) is 7.32. The van der Waals surface area contributed by atoms with Gasteiger partial charge in [0.25, 0.3) is 5.56 Å². The molecule has 1 aromatic heterocycles. The molecule has 6 heteroatoms. The van der Waals surface area contributed by atoms with Crippen molar-refractivity contribution in [1.29, 1.82) is 0 Å². The molecule has 1 aliphatic heterocycles. The lowest BCUT2D eigenvalue weighted by Gasteiger charge is -2.29. The summed E-state index contributed by atoms with van der Waals surface area (Å²) in [7, 11) is 2.13. The van der Waals surface area contributed by atoms with Crippen molar-refractivity contribution in [3.8, 4) is 11.5 Å². The summed E-state index contributed by atoms with van der Waals surface area (Å²) < 4.78 is 7.60. The van der Waals surface area contributed by atoms with E-state index in [9.17, 15) is 4.79 Å². The molecule has 6 nitrogen and oxygen atoms in total. The van der Waals surface area contributed by atoms with Crippen LogP contribution in [-0.4, -0.2) is 34.6 Å². The Morgan fingerprint density at radius 2 is 1.96 bits per heavy atom. The number of rotatable bonds is 4. The topological polar surface area (TPSA) is 73.4 Å². The van der Waals surface area contributed by atoms with Crippen molar-refractivity contribution >= 4 is 16.6 Å². The van der Waals surface area contributed by atoms with Gasteiger partial charge in [-0.05, 0) is 74.8 Å². The lowest BCUT2D eigenvalue weighted by atomic mass is 9.98. The largest absolute Gasteiger partial charge is 0.457 e. The van der Waals surface area contributed by atoms with Crippen LogP contribution in [0.1, 0.15) is 12.8 Å². The Bertz CT molecular complexity index is 997. The molecule has 140 valence electrons. The molecule has 0 amide bonds. The van der Waals surface area contributed by atoms with Crippen LogP contribution in [0.15, 0.2) is 53.6 Å². The monoisotopic (exact) mass is 364 g/mol. The summed E-state index contributed by atoms with van der Waals surface area (Å²) in [5.74, 6) is 1.77. The summed E-state index contributed by atoms with van der Waals surface area (Å²) in [5, 5.41) is 0.578. The van der Waals surface area contributed by atoms with Crippen LogP contribution in [0.4, 0.5) is 5.69 Å². The number of anilines is 1. The van der Waals surface area contributed by atoms with E-state index < -0.39 is 0 Å². The summed E-state index contributed by atoms with van der Waals surface area (Å²) in [6.07, 6.45) is 3.99. The van der Waals surface area contributed by atoms with Gasteiger partial charge in [-0.25, -0.2) is 4.98 Å². The molecule has 1 saturated heterocycles. The first kappa shape index (κ1) is 17.5. The summed E-state index contributed by atoms with van der Waals surface area (Å²) >= 11 is 0. The van der Waals surface area contributed by atoms with Gasteiger partial charge in [0, 0.05) is 18.8 Å². The summed E-state index contributed by atoms with van der Waals surface area (Å²) in [6, 6.07) is 12.6. The highest BCUT2D eigenvalue weighted by molar-refractivity contribution is 5.79. The molecule has 2 aromatic carbocycles. The van der Waals surface area contributed by atoms with Crippen LogP contribution < -0.4 is 16.0 Å². The van der Waals surface area contributed by atoms with Gasteiger partial charge in [0.2, 0.25) is 0 Å². The number of nitrogen functional groups attached to an aromatic ring is 1. The lowest BCUT2D eigenvalue weighted by molar-refractivity contribution is 0.193. The second-order valence-corrected chi connectivity index (χ2v) is 7.32. The number of piperidine rings is 1. The molecule has 2 heterocycles. The predicted octanol–water partition coefficient (Wildman–Crippen LogP) is 3.11. The van der Waals surface area contributed by atoms with Crippen LogP contribution >= 0.6 is 0 Å². The third kappa shape index (κ3) is 3.95. The second kappa shape index (κ2) is 7.40. The fraction of sp³-hybridized carbons (Fsp3) is 0.333. The van der Waals surface area contributed by atoms with Gasteiger partial charge < -0.3 is 15.4 Å². The smallest absolute Gasteiger partial charge is 0.261 e. The molecule has 0 unspecified atom stereocenters. The fourth-order valence-corrected chi connectivity index (χ4v) is 3.70. The van der Waals surface area contributed by atoms with Crippen molar-refractivity contribution in [2.24, 2.45) is 5.92 Å². The standard InChI is InChI=1S/C21H24N4O2/c1-24-10-2-3-15(12-24)13-25-14-23-20-9-8-18(11-19(20)21(25)26)27-17-6-4-16(22)5-7-17/h4-9,11,14-15H,2-3,10,12-13,22H2,1H3/t15-/m1/s1. The van der Waals surface area contributed by atoms with E-state index in [0.29, 0.717) is 40.6 Å². The molecule has 1 aliphatic rings. The van der Waals surface area contributed by atoms with E-state index in [1.54, 1.807) is 41.2 Å². The number of fused-ring (bicyclic) bond motifs is 1. The molecular formula is C21H24N4O2. The molecule has 0 aliphatic carbocycles. The number of hydrogen-bond donors (Lipinski definition) is 1. The van der Waals surface area contributed by atoms with Crippen LogP contribution in [0, 0.1) is 5.92 Å². The van der Waals surface area contributed by atoms with E-state index in [-0.39, 0.29) is 5.56 Å². The molecule has 3 aromatic rings. The zero-order chi connectivity index (χ0) is 18.8. The first-order valence-electron chi connectivity index (χ1n) is 9.29. The summed E-state index contributed by atoms with van der Waals surface area (Å²) in [4.78, 5) is 19.8. The Hall–Kier alpha value is -2.86. The minimum atomic E-state index is -0.0176. The Kier molecular flexibility index (Phi) is 4.81. The van der Waals surface area contributed by atoms with Crippen LogP contribution in [0.5, 0.6) is 11.5 Å². The van der Waals surface area contributed by atoms with E-state index in [4.69, 9.17) is 10.5 Å². The Balaban J connectivity index is 1.60. The van der Waals surface area contributed by atoms with Crippen molar-refractivity contribution in [1.82, 2.24) is 14.5 Å². The van der Waals surface area contributed by atoms with E-state index in [0.717, 1.165) is 19.5 Å². The number of hydrogen-bond acceptors (Lipinski definition) is 5. The number of benzene rings is 2. The highest BCUT2D eigenvalue weighted by atomic mass is 16.5. The Morgan fingerprint density at radius 3 is 2.74 bits per heavy atom. The molecule has 27 heavy (non-hydrogen) atoms. The molecule has 0 bridgehead atoms. The highest BCUT2D eigenvalue weighted by Gasteiger charge is 2.18. The summed E-state index contributed by atoms with van der Waals surface area (Å²) in [5.41, 5.74) is 7.05. The molecule has 4 rings (SSSR count). The quantitative estimate of drug-likeness (QED) is 0.720. The van der Waals surface area contributed by atoms with Gasteiger partial charge in [-0.2, -0.15) is 0 Å². The molecule has 1 atom stereocenters. The van der Waals surface area contributed by atoms with E-state index in [1.807, 2.05) is 12.1 Å². The van der Waals surface area contributed by atoms with Gasteiger partial charge in [-0.1, -0.05) is 0 Å². The maximum absolute atomic E-state index is 13.0. The van der Waals surface area contributed by atoms with E-state index in [1.165, 1.54) is 6.42 Å². The molecule has 0 radical (unpaired) electrons. The number of nitrogens with zero attached hydrogens (tertiary/aromatic N) is 3. The van der Waals surface area contributed by atoms with Crippen LogP contribution in [0.3, 0.4) is 0 Å². The van der Waals surface area contributed by atoms with E-state index >= 15 is 0 Å². The minimum Gasteiger partial charge on any atom is -0.457 e. The number of nitrogens with two attached hydrogens (primary N) is 1. The van der Waals surface area contributed by atoms with Gasteiger partial charge in [-0.15, -0.1) is 0 Å². The average molecular weight is 364 g/mol. The predicted molar refractivity (Wildman–Crippen MR) is 107 cm³/mol. The molecule has 0 saturated carbocycles. The summed E-state index contributed by atoms with van der Waals surface area (Å²) in [6.45, 7) is 2.85. The van der Waals surface area contributed by atoms with Gasteiger partial charge in [0.1, 0.15) is 11.5 Å².